The number of benzene rings is 7. The third kappa shape index (κ3) is 14.4. The van der Waals surface area contributed by atoms with Gasteiger partial charge < -0.3 is 48.1 Å². The van der Waals surface area contributed by atoms with Crippen molar-refractivity contribution in [1.29, 1.82) is 0 Å². The van der Waals surface area contributed by atoms with Crippen LogP contribution in [0.2, 0.25) is 0 Å². The molecule has 10 nitrogen and oxygen atoms in total. The second-order valence-corrected chi connectivity index (χ2v) is 23.4. The van der Waals surface area contributed by atoms with Crippen LogP contribution < -0.4 is 23.7 Å². The molecule has 0 bridgehead atoms. The van der Waals surface area contributed by atoms with Crippen molar-refractivity contribution in [2.24, 2.45) is 0 Å². The van der Waals surface area contributed by atoms with Gasteiger partial charge in [-0.15, -0.1) is 0 Å². The average Bonchev–Trinajstić information content (AvgIpc) is 4.46. The normalized spacial score (nSPS) is 17.6. The fraction of sp³-hybridized carbons (Fsp3) is 0.391. The maximum Gasteiger partial charge on any atom is 0.122 e. The van der Waals surface area contributed by atoms with Crippen molar-refractivity contribution in [3.63, 3.8) is 0 Å². The van der Waals surface area contributed by atoms with Crippen LogP contribution in [0.4, 0.5) is 0 Å². The SMILES string of the molecule is CCC(C)(OCC1CO1)c1ccc(C(C)(C)c2ccc(OCC(O)COc3ccc(C(C)(c4ccccc4)c4ccc(OCC(O)CC(C)(C)Oc5ccc(C(C)(C)c6ccc(OCC7CO7)cc6)cc5)cc4)cc3)cc2)cc1. The van der Waals surface area contributed by atoms with Crippen molar-refractivity contribution in [3.8, 4) is 28.7 Å². The third-order valence-corrected chi connectivity index (χ3v) is 16.1. The molecule has 0 spiro atoms. The Morgan fingerprint density at radius 3 is 1.18 bits per heavy atom. The van der Waals surface area contributed by atoms with Gasteiger partial charge in [-0.1, -0.05) is 150 Å². The predicted octanol–water partition coefficient (Wildman–Crippen LogP) is 13.3. The predicted molar refractivity (Wildman–Crippen MR) is 311 cm³/mol. The molecule has 0 aromatic heterocycles. The van der Waals surface area contributed by atoms with Gasteiger partial charge in [0, 0.05) is 22.7 Å². The van der Waals surface area contributed by atoms with Crippen molar-refractivity contribution >= 4 is 0 Å². The van der Waals surface area contributed by atoms with Crippen LogP contribution in [0.1, 0.15) is 120 Å². The van der Waals surface area contributed by atoms with E-state index in [1.54, 1.807) is 0 Å². The Labute approximate surface area is 468 Å². The molecule has 79 heavy (non-hydrogen) atoms. The van der Waals surface area contributed by atoms with E-state index in [4.69, 9.17) is 37.9 Å². The van der Waals surface area contributed by atoms with Gasteiger partial charge in [-0.3, -0.25) is 0 Å². The molecule has 2 aliphatic rings. The van der Waals surface area contributed by atoms with Crippen LogP contribution in [0, 0.1) is 0 Å². The number of hydrogen-bond acceptors (Lipinski definition) is 10. The zero-order chi connectivity index (χ0) is 55.8. The highest BCUT2D eigenvalue weighted by Crippen LogP contribution is 2.41. The molecule has 2 heterocycles. The Kier molecular flexibility index (Phi) is 17.6. The van der Waals surface area contributed by atoms with Gasteiger partial charge >= 0.3 is 0 Å². The molecule has 0 amide bonds. The van der Waals surface area contributed by atoms with Crippen molar-refractivity contribution in [1.82, 2.24) is 0 Å². The largest absolute Gasteiger partial charge is 0.491 e. The smallest absolute Gasteiger partial charge is 0.122 e. The van der Waals surface area contributed by atoms with E-state index >= 15 is 0 Å². The Hall–Kier alpha value is -6.66. The summed E-state index contributed by atoms with van der Waals surface area (Å²) in [6.45, 7) is 22.4. The molecule has 2 saturated heterocycles. The van der Waals surface area contributed by atoms with E-state index in [1.807, 2.05) is 80.6 Å². The monoisotopic (exact) mass is 1070 g/mol. The molecule has 0 radical (unpaired) electrons. The summed E-state index contributed by atoms with van der Waals surface area (Å²) < 4.78 is 47.5. The minimum atomic E-state index is -0.841. The second kappa shape index (κ2) is 24.4. The molecule has 0 saturated carbocycles. The van der Waals surface area contributed by atoms with Crippen LogP contribution in [-0.4, -0.2) is 86.5 Å². The fourth-order valence-corrected chi connectivity index (χ4v) is 10.3. The average molecular weight is 1070 g/mol. The molecule has 416 valence electrons. The Morgan fingerprint density at radius 1 is 0.418 bits per heavy atom. The zero-order valence-corrected chi connectivity index (χ0v) is 47.6. The summed E-state index contributed by atoms with van der Waals surface area (Å²) in [5, 5.41) is 22.1. The number of rotatable bonds is 28. The summed E-state index contributed by atoms with van der Waals surface area (Å²) in [6.07, 6.45) is 0.0929. The molecule has 2 aliphatic heterocycles. The number of aliphatic hydroxyl groups excluding tert-OH is 2. The minimum Gasteiger partial charge on any atom is -0.491 e. The van der Waals surface area contributed by atoms with Crippen molar-refractivity contribution in [2.45, 2.75) is 127 Å². The first kappa shape index (κ1) is 57.0. The van der Waals surface area contributed by atoms with E-state index in [-0.39, 0.29) is 48.5 Å². The summed E-state index contributed by atoms with van der Waals surface area (Å²) in [5.41, 5.74) is 7.17. The number of hydrogen-bond donors (Lipinski definition) is 2. The lowest BCUT2D eigenvalue weighted by Gasteiger charge is -2.32. The molecular formula is C69H80O10. The highest BCUT2D eigenvalue weighted by atomic mass is 16.6. The first-order chi connectivity index (χ1) is 37.8. The zero-order valence-electron chi connectivity index (χ0n) is 47.6. The maximum atomic E-state index is 11.2. The van der Waals surface area contributed by atoms with Gasteiger partial charge in [0.2, 0.25) is 0 Å². The highest BCUT2D eigenvalue weighted by molar-refractivity contribution is 5.52. The Balaban J connectivity index is 0.742. The Morgan fingerprint density at radius 2 is 0.759 bits per heavy atom. The van der Waals surface area contributed by atoms with Crippen molar-refractivity contribution < 1.29 is 48.1 Å². The van der Waals surface area contributed by atoms with E-state index in [1.165, 1.54) is 16.7 Å². The van der Waals surface area contributed by atoms with E-state index in [2.05, 4.69) is 158 Å². The van der Waals surface area contributed by atoms with Crippen LogP contribution in [0.25, 0.3) is 0 Å². The van der Waals surface area contributed by atoms with Crippen molar-refractivity contribution in [2.75, 3.05) is 46.2 Å². The summed E-state index contributed by atoms with van der Waals surface area (Å²) in [4.78, 5) is 0. The van der Waals surface area contributed by atoms with E-state index in [9.17, 15) is 10.2 Å². The van der Waals surface area contributed by atoms with Gasteiger partial charge in [0.1, 0.15) is 79.1 Å². The molecule has 6 unspecified atom stereocenters. The van der Waals surface area contributed by atoms with E-state index in [0.717, 1.165) is 59.0 Å². The van der Waals surface area contributed by atoms with Crippen LogP contribution >= 0.6 is 0 Å². The van der Waals surface area contributed by atoms with Gasteiger partial charge in [-0.05, 0) is 139 Å². The first-order valence-corrected chi connectivity index (χ1v) is 28.0. The molecule has 7 aromatic rings. The molecular weight excluding hydrogens is 989 g/mol. The fourth-order valence-electron chi connectivity index (χ4n) is 10.3. The highest BCUT2D eigenvalue weighted by Gasteiger charge is 2.34. The van der Waals surface area contributed by atoms with Gasteiger partial charge in [0.05, 0.1) is 31.5 Å². The topological polar surface area (TPSA) is 121 Å². The summed E-state index contributed by atoms with van der Waals surface area (Å²) >= 11 is 0. The standard InChI is InChI=1S/C69H80O10/c1-10-68(8,78-47-64-46-77-64)52-18-16-48(17-19-52)66(4,5)49-20-30-58(31-21-49)73-42-57(71)43-74-60-36-28-55(29-37-60)69(9,53-14-12-11-13-15-53)54-26-34-59(35-27-54)72-41-56(70)40-65(2,3)79-62-38-24-51(25-39-62)67(6,7)50-22-32-61(33-23-50)75-44-63-45-76-63/h11-39,56-57,63-64,70-71H,10,40-47H2,1-9H3. The Bertz CT molecular complexity index is 3000. The quantitative estimate of drug-likeness (QED) is 0.0362. The van der Waals surface area contributed by atoms with Gasteiger partial charge in [-0.25, -0.2) is 0 Å². The lowest BCUT2D eigenvalue weighted by molar-refractivity contribution is -0.0454. The number of epoxide rings is 2. The summed E-state index contributed by atoms with van der Waals surface area (Å²) in [5.74, 6) is 3.57. The summed E-state index contributed by atoms with van der Waals surface area (Å²) in [6, 6.07) is 59.9. The molecule has 10 heteroatoms. The van der Waals surface area contributed by atoms with Crippen LogP contribution in [-0.2, 0) is 36.1 Å². The molecule has 2 fully saturated rings. The molecule has 7 aromatic carbocycles. The maximum absolute atomic E-state index is 11.2. The summed E-state index contributed by atoms with van der Waals surface area (Å²) in [7, 11) is 0. The lowest BCUT2D eigenvalue weighted by Crippen LogP contribution is -2.35. The van der Waals surface area contributed by atoms with E-state index < -0.39 is 23.2 Å². The molecule has 2 N–H and O–H groups in total. The van der Waals surface area contributed by atoms with Crippen LogP contribution in [0.3, 0.4) is 0 Å². The number of ether oxygens (including phenoxy) is 8. The van der Waals surface area contributed by atoms with Gasteiger partial charge in [0.15, 0.2) is 0 Å². The van der Waals surface area contributed by atoms with Gasteiger partial charge in [-0.2, -0.15) is 0 Å². The van der Waals surface area contributed by atoms with E-state index in [0.29, 0.717) is 36.9 Å². The first-order valence-electron chi connectivity index (χ1n) is 28.0. The van der Waals surface area contributed by atoms with Gasteiger partial charge in [0.25, 0.3) is 0 Å². The van der Waals surface area contributed by atoms with Crippen LogP contribution in [0.5, 0.6) is 28.7 Å². The molecule has 0 aliphatic carbocycles. The number of aliphatic hydroxyl groups is 2. The lowest BCUT2D eigenvalue weighted by atomic mass is 9.71. The minimum absolute atomic E-state index is 0.0746. The van der Waals surface area contributed by atoms with Crippen LogP contribution in [0.15, 0.2) is 176 Å². The van der Waals surface area contributed by atoms with Crippen molar-refractivity contribution in [3.05, 3.63) is 220 Å². The molecule has 9 rings (SSSR count). The second-order valence-electron chi connectivity index (χ2n) is 23.4. The molecule has 6 atom stereocenters. The third-order valence-electron chi connectivity index (χ3n) is 16.1.